The number of esters is 1. The van der Waals surface area contributed by atoms with Crippen molar-refractivity contribution in [1.82, 2.24) is 4.98 Å². The highest BCUT2D eigenvalue weighted by Gasteiger charge is 2.14. The Bertz CT molecular complexity index is 382. The molecule has 0 radical (unpaired) electrons. The number of carbonyl (C=O) groups excluding carboxylic acids is 1. The van der Waals surface area contributed by atoms with Crippen molar-refractivity contribution in [2.24, 2.45) is 0 Å². The SMILES string of the molecule is CCOC(=O)c1cccnc1NC(C)CCCO. The molecule has 0 saturated heterocycles. The first-order valence-electron chi connectivity index (χ1n) is 6.18. The number of hydrogen-bond donors (Lipinski definition) is 2. The molecule has 0 aliphatic rings. The molecule has 1 unspecified atom stereocenters. The quantitative estimate of drug-likeness (QED) is 0.724. The molecule has 1 aromatic rings. The van der Waals surface area contributed by atoms with Gasteiger partial charge in [-0.15, -0.1) is 0 Å². The van der Waals surface area contributed by atoms with Crippen molar-refractivity contribution in [2.45, 2.75) is 32.7 Å². The maximum Gasteiger partial charge on any atom is 0.341 e. The van der Waals surface area contributed by atoms with E-state index in [0.29, 0.717) is 18.0 Å². The van der Waals surface area contributed by atoms with Gasteiger partial charge in [0.2, 0.25) is 0 Å². The van der Waals surface area contributed by atoms with E-state index in [1.165, 1.54) is 0 Å². The Hall–Kier alpha value is -1.62. The van der Waals surface area contributed by atoms with E-state index in [1.54, 1.807) is 25.3 Å². The Morgan fingerprint density at radius 3 is 3.06 bits per heavy atom. The van der Waals surface area contributed by atoms with Crippen LogP contribution in [0.4, 0.5) is 5.82 Å². The summed E-state index contributed by atoms with van der Waals surface area (Å²) >= 11 is 0. The van der Waals surface area contributed by atoms with E-state index in [-0.39, 0.29) is 18.6 Å². The predicted octanol–water partition coefficient (Wildman–Crippen LogP) is 1.83. The van der Waals surface area contributed by atoms with Crippen LogP contribution in [0.15, 0.2) is 18.3 Å². The minimum atomic E-state index is -0.373. The van der Waals surface area contributed by atoms with Gasteiger partial charge in [0.15, 0.2) is 0 Å². The van der Waals surface area contributed by atoms with Crippen LogP contribution in [-0.2, 0) is 4.74 Å². The number of carbonyl (C=O) groups is 1. The zero-order valence-corrected chi connectivity index (χ0v) is 10.8. The number of anilines is 1. The molecule has 0 aliphatic carbocycles. The van der Waals surface area contributed by atoms with Crippen LogP contribution in [0.3, 0.4) is 0 Å². The Morgan fingerprint density at radius 1 is 1.61 bits per heavy atom. The summed E-state index contributed by atoms with van der Waals surface area (Å²) < 4.78 is 4.97. The van der Waals surface area contributed by atoms with Crippen molar-refractivity contribution in [2.75, 3.05) is 18.5 Å². The molecule has 1 aromatic heterocycles. The van der Waals surface area contributed by atoms with Crippen molar-refractivity contribution in [3.63, 3.8) is 0 Å². The molecule has 0 fully saturated rings. The van der Waals surface area contributed by atoms with Crippen LogP contribution in [0, 0.1) is 0 Å². The third-order valence-electron chi connectivity index (χ3n) is 2.48. The molecule has 1 atom stereocenters. The van der Waals surface area contributed by atoms with E-state index in [1.807, 2.05) is 6.92 Å². The first kappa shape index (κ1) is 14.4. The number of rotatable bonds is 7. The van der Waals surface area contributed by atoms with Gasteiger partial charge in [0.1, 0.15) is 11.4 Å². The van der Waals surface area contributed by atoms with E-state index in [2.05, 4.69) is 10.3 Å². The third kappa shape index (κ3) is 4.33. The lowest BCUT2D eigenvalue weighted by Crippen LogP contribution is -2.19. The molecular weight excluding hydrogens is 232 g/mol. The summed E-state index contributed by atoms with van der Waals surface area (Å²) in [6.45, 7) is 4.26. The molecule has 100 valence electrons. The summed E-state index contributed by atoms with van der Waals surface area (Å²) in [5.74, 6) is 0.156. The van der Waals surface area contributed by atoms with Crippen LogP contribution < -0.4 is 5.32 Å². The van der Waals surface area contributed by atoms with Gasteiger partial charge < -0.3 is 15.2 Å². The molecular formula is C13H20N2O3. The third-order valence-corrected chi connectivity index (χ3v) is 2.48. The second-order valence-electron chi connectivity index (χ2n) is 4.03. The molecule has 18 heavy (non-hydrogen) atoms. The van der Waals surface area contributed by atoms with E-state index in [9.17, 15) is 4.79 Å². The second kappa shape index (κ2) is 7.66. The molecule has 1 rings (SSSR count). The van der Waals surface area contributed by atoms with Crippen molar-refractivity contribution >= 4 is 11.8 Å². The fourth-order valence-corrected chi connectivity index (χ4v) is 1.60. The number of aromatic nitrogens is 1. The molecule has 0 amide bonds. The number of ether oxygens (including phenoxy) is 1. The van der Waals surface area contributed by atoms with Crippen molar-refractivity contribution < 1.29 is 14.6 Å². The largest absolute Gasteiger partial charge is 0.462 e. The summed E-state index contributed by atoms with van der Waals surface area (Å²) in [6.07, 6.45) is 3.16. The number of aliphatic hydroxyl groups is 1. The van der Waals surface area contributed by atoms with Crippen molar-refractivity contribution in [3.05, 3.63) is 23.9 Å². The zero-order chi connectivity index (χ0) is 13.4. The summed E-state index contributed by atoms with van der Waals surface area (Å²) in [5.41, 5.74) is 0.440. The lowest BCUT2D eigenvalue weighted by molar-refractivity contribution is 0.0527. The second-order valence-corrected chi connectivity index (χ2v) is 4.03. The average molecular weight is 252 g/mol. The van der Waals surface area contributed by atoms with Gasteiger partial charge in [-0.1, -0.05) is 0 Å². The highest BCUT2D eigenvalue weighted by Crippen LogP contribution is 2.15. The van der Waals surface area contributed by atoms with E-state index < -0.39 is 0 Å². The lowest BCUT2D eigenvalue weighted by atomic mass is 10.1. The van der Waals surface area contributed by atoms with Crippen LogP contribution in [0.25, 0.3) is 0 Å². The predicted molar refractivity (Wildman–Crippen MR) is 69.6 cm³/mol. The zero-order valence-electron chi connectivity index (χ0n) is 10.8. The summed E-state index contributed by atoms with van der Waals surface area (Å²) in [5, 5.41) is 11.9. The Balaban J connectivity index is 2.72. The van der Waals surface area contributed by atoms with E-state index in [0.717, 1.165) is 12.8 Å². The number of nitrogens with zero attached hydrogens (tertiary/aromatic N) is 1. The minimum absolute atomic E-state index is 0.139. The Kier molecular flexibility index (Phi) is 6.14. The van der Waals surface area contributed by atoms with Gasteiger partial charge in [-0.3, -0.25) is 0 Å². The topological polar surface area (TPSA) is 71.5 Å². The van der Waals surface area contributed by atoms with Crippen LogP contribution >= 0.6 is 0 Å². The van der Waals surface area contributed by atoms with Gasteiger partial charge in [0, 0.05) is 18.8 Å². The Morgan fingerprint density at radius 2 is 2.39 bits per heavy atom. The number of aliphatic hydroxyl groups excluding tert-OH is 1. The first-order chi connectivity index (χ1) is 8.69. The van der Waals surface area contributed by atoms with Crippen LogP contribution in [0.1, 0.15) is 37.0 Å². The molecule has 0 aliphatic heterocycles. The van der Waals surface area contributed by atoms with Gasteiger partial charge in [0.05, 0.1) is 6.61 Å². The maximum absolute atomic E-state index is 11.7. The molecule has 5 nitrogen and oxygen atoms in total. The summed E-state index contributed by atoms with van der Waals surface area (Å²) in [6, 6.07) is 3.53. The fraction of sp³-hybridized carbons (Fsp3) is 0.538. The molecule has 0 aromatic carbocycles. The molecule has 0 saturated carbocycles. The Labute approximate surface area is 107 Å². The number of nitrogens with one attached hydrogen (secondary N) is 1. The fourth-order valence-electron chi connectivity index (χ4n) is 1.60. The van der Waals surface area contributed by atoms with Crippen molar-refractivity contribution in [1.29, 1.82) is 0 Å². The van der Waals surface area contributed by atoms with Gasteiger partial charge in [-0.2, -0.15) is 0 Å². The highest BCUT2D eigenvalue weighted by atomic mass is 16.5. The molecule has 5 heteroatoms. The smallest absolute Gasteiger partial charge is 0.341 e. The molecule has 0 spiro atoms. The number of pyridine rings is 1. The van der Waals surface area contributed by atoms with E-state index >= 15 is 0 Å². The molecule has 1 heterocycles. The standard InChI is InChI=1S/C13H20N2O3/c1-3-18-13(17)11-7-4-8-14-12(11)15-10(2)6-5-9-16/h4,7-8,10,16H,3,5-6,9H2,1-2H3,(H,14,15). The first-order valence-corrected chi connectivity index (χ1v) is 6.18. The maximum atomic E-state index is 11.7. The van der Waals surface area contributed by atoms with E-state index in [4.69, 9.17) is 9.84 Å². The molecule has 2 N–H and O–H groups in total. The number of hydrogen-bond acceptors (Lipinski definition) is 5. The average Bonchev–Trinajstić information content (AvgIpc) is 2.37. The highest BCUT2D eigenvalue weighted by molar-refractivity contribution is 5.94. The lowest BCUT2D eigenvalue weighted by Gasteiger charge is -2.16. The van der Waals surface area contributed by atoms with Gasteiger partial charge in [0.25, 0.3) is 0 Å². The van der Waals surface area contributed by atoms with Crippen molar-refractivity contribution in [3.8, 4) is 0 Å². The molecule has 0 bridgehead atoms. The monoisotopic (exact) mass is 252 g/mol. The van der Waals surface area contributed by atoms with Crippen LogP contribution in [0.2, 0.25) is 0 Å². The summed E-state index contributed by atoms with van der Waals surface area (Å²) in [7, 11) is 0. The van der Waals surface area contributed by atoms with Gasteiger partial charge in [-0.05, 0) is 38.8 Å². The summed E-state index contributed by atoms with van der Waals surface area (Å²) in [4.78, 5) is 15.9. The van der Waals surface area contributed by atoms with Gasteiger partial charge in [-0.25, -0.2) is 9.78 Å². The minimum Gasteiger partial charge on any atom is -0.462 e. The van der Waals surface area contributed by atoms with Gasteiger partial charge >= 0.3 is 5.97 Å². The normalized spacial score (nSPS) is 11.9. The van der Waals surface area contributed by atoms with Crippen LogP contribution in [-0.4, -0.2) is 35.3 Å². The van der Waals surface area contributed by atoms with Crippen LogP contribution in [0.5, 0.6) is 0 Å².